The SMILES string of the molecule is C/C=N/Sc1ccc(OC)cc1.Cc1ccccc1. The molecule has 2 nitrogen and oxygen atoms in total. The molecule has 0 saturated heterocycles. The van der Waals surface area contributed by atoms with Gasteiger partial charge in [0, 0.05) is 23.1 Å². The van der Waals surface area contributed by atoms with Gasteiger partial charge < -0.3 is 4.74 Å². The molecule has 100 valence electrons. The van der Waals surface area contributed by atoms with Crippen molar-refractivity contribution in [2.45, 2.75) is 18.7 Å². The van der Waals surface area contributed by atoms with Gasteiger partial charge in [-0.3, -0.25) is 0 Å². The molecular formula is C16H19NOS. The van der Waals surface area contributed by atoms with Crippen molar-refractivity contribution in [3.05, 3.63) is 60.2 Å². The molecule has 0 aromatic heterocycles. The lowest BCUT2D eigenvalue weighted by Gasteiger charge is -1.98. The molecule has 0 heterocycles. The molecule has 0 N–H and O–H groups in total. The van der Waals surface area contributed by atoms with Crippen molar-refractivity contribution in [3.63, 3.8) is 0 Å². The molecule has 0 aliphatic heterocycles. The summed E-state index contributed by atoms with van der Waals surface area (Å²) in [4.78, 5) is 1.12. The Morgan fingerprint density at radius 1 is 1.00 bits per heavy atom. The minimum atomic E-state index is 0.875. The Bertz CT molecular complexity index is 480. The normalized spacial score (nSPS) is 9.84. The summed E-state index contributed by atoms with van der Waals surface area (Å²) < 4.78 is 9.07. The number of methoxy groups -OCH3 is 1. The fourth-order valence-electron chi connectivity index (χ4n) is 1.28. The molecule has 0 fully saturated rings. The van der Waals surface area contributed by atoms with Gasteiger partial charge in [-0.2, -0.15) is 0 Å². The lowest BCUT2D eigenvalue weighted by Crippen LogP contribution is -1.80. The van der Waals surface area contributed by atoms with Crippen LogP contribution in [0, 0.1) is 6.92 Å². The van der Waals surface area contributed by atoms with Crippen LogP contribution in [0.15, 0.2) is 63.9 Å². The molecule has 3 heteroatoms. The summed E-state index contributed by atoms with van der Waals surface area (Å²) in [7, 11) is 1.66. The van der Waals surface area contributed by atoms with E-state index in [1.807, 2.05) is 49.4 Å². The summed E-state index contributed by atoms with van der Waals surface area (Å²) in [5.74, 6) is 0.875. The van der Waals surface area contributed by atoms with E-state index in [2.05, 4.69) is 23.5 Å². The van der Waals surface area contributed by atoms with E-state index < -0.39 is 0 Å². The number of nitrogens with zero attached hydrogens (tertiary/aromatic N) is 1. The third-order valence-corrected chi connectivity index (χ3v) is 3.06. The van der Waals surface area contributed by atoms with Crippen LogP contribution in [0.5, 0.6) is 5.75 Å². The maximum atomic E-state index is 5.03. The minimum absolute atomic E-state index is 0.875. The molecule has 2 rings (SSSR count). The smallest absolute Gasteiger partial charge is 0.118 e. The van der Waals surface area contributed by atoms with E-state index in [0.29, 0.717) is 0 Å². The zero-order valence-electron chi connectivity index (χ0n) is 11.5. The van der Waals surface area contributed by atoms with Crippen LogP contribution < -0.4 is 4.74 Å². The topological polar surface area (TPSA) is 21.6 Å². The van der Waals surface area contributed by atoms with Gasteiger partial charge in [0.25, 0.3) is 0 Å². The maximum absolute atomic E-state index is 5.03. The number of benzene rings is 2. The van der Waals surface area contributed by atoms with Crippen LogP contribution in [0.2, 0.25) is 0 Å². The van der Waals surface area contributed by atoms with Gasteiger partial charge in [0.15, 0.2) is 0 Å². The van der Waals surface area contributed by atoms with E-state index in [9.17, 15) is 0 Å². The average Bonchev–Trinajstić information content (AvgIpc) is 2.47. The molecule has 0 atom stereocenters. The van der Waals surface area contributed by atoms with Crippen molar-refractivity contribution < 1.29 is 4.74 Å². The lowest BCUT2D eigenvalue weighted by atomic mass is 10.2. The first-order valence-electron chi connectivity index (χ1n) is 6.07. The first-order valence-corrected chi connectivity index (χ1v) is 6.84. The Hall–Kier alpha value is -1.74. The zero-order chi connectivity index (χ0) is 13.9. The Morgan fingerprint density at radius 3 is 2.05 bits per heavy atom. The molecule has 19 heavy (non-hydrogen) atoms. The van der Waals surface area contributed by atoms with Crippen molar-refractivity contribution in [2.24, 2.45) is 4.40 Å². The second-order valence-corrected chi connectivity index (χ2v) is 4.65. The Balaban J connectivity index is 0.000000218. The zero-order valence-corrected chi connectivity index (χ0v) is 12.4. The van der Waals surface area contributed by atoms with E-state index >= 15 is 0 Å². The molecule has 0 aliphatic carbocycles. The predicted molar refractivity (Wildman–Crippen MR) is 84.2 cm³/mol. The molecule has 0 radical (unpaired) electrons. The van der Waals surface area contributed by atoms with Crippen molar-refractivity contribution in [2.75, 3.05) is 7.11 Å². The first-order chi connectivity index (χ1) is 9.26. The quantitative estimate of drug-likeness (QED) is 0.592. The van der Waals surface area contributed by atoms with Gasteiger partial charge in [-0.25, -0.2) is 4.40 Å². The highest BCUT2D eigenvalue weighted by atomic mass is 32.2. The highest BCUT2D eigenvalue weighted by molar-refractivity contribution is 7.98. The Morgan fingerprint density at radius 2 is 1.63 bits per heavy atom. The summed E-state index contributed by atoms with van der Waals surface area (Å²) in [5, 5.41) is 0. The molecule has 0 bridgehead atoms. The summed E-state index contributed by atoms with van der Waals surface area (Å²) in [6.45, 7) is 3.98. The predicted octanol–water partition coefficient (Wildman–Crippen LogP) is 4.79. The summed E-state index contributed by atoms with van der Waals surface area (Å²) in [5.41, 5.74) is 1.32. The van der Waals surface area contributed by atoms with Gasteiger partial charge in [0.1, 0.15) is 5.75 Å². The largest absolute Gasteiger partial charge is 0.497 e. The molecule has 0 spiro atoms. The van der Waals surface area contributed by atoms with Crippen LogP contribution >= 0.6 is 11.9 Å². The summed E-state index contributed by atoms with van der Waals surface area (Å²) in [6, 6.07) is 18.1. The van der Waals surface area contributed by atoms with Crippen molar-refractivity contribution in [3.8, 4) is 5.75 Å². The number of rotatable bonds is 3. The van der Waals surface area contributed by atoms with Gasteiger partial charge in [-0.15, -0.1) is 0 Å². The third-order valence-electron chi connectivity index (χ3n) is 2.26. The molecule has 0 unspecified atom stereocenters. The highest BCUT2D eigenvalue weighted by Gasteiger charge is 1.92. The highest BCUT2D eigenvalue weighted by Crippen LogP contribution is 2.21. The second kappa shape index (κ2) is 9.22. The number of hydrogen-bond donors (Lipinski definition) is 0. The average molecular weight is 273 g/mol. The minimum Gasteiger partial charge on any atom is -0.497 e. The Kier molecular flexibility index (Phi) is 7.44. The molecule has 0 aliphatic rings. The fourth-order valence-corrected chi connectivity index (χ4v) is 1.77. The van der Waals surface area contributed by atoms with Crippen LogP contribution in [0.25, 0.3) is 0 Å². The van der Waals surface area contributed by atoms with Crippen LogP contribution in [-0.2, 0) is 0 Å². The molecule has 0 saturated carbocycles. The van der Waals surface area contributed by atoms with Crippen LogP contribution in [-0.4, -0.2) is 13.3 Å². The molecule has 0 amide bonds. The van der Waals surface area contributed by atoms with Gasteiger partial charge in [0.05, 0.1) is 7.11 Å². The van der Waals surface area contributed by atoms with Gasteiger partial charge in [0.2, 0.25) is 0 Å². The van der Waals surface area contributed by atoms with E-state index in [1.54, 1.807) is 13.3 Å². The van der Waals surface area contributed by atoms with E-state index in [1.165, 1.54) is 17.5 Å². The Labute approximate surface area is 119 Å². The third kappa shape index (κ3) is 6.67. The first kappa shape index (κ1) is 15.3. The number of hydrogen-bond acceptors (Lipinski definition) is 3. The molecular weight excluding hydrogens is 254 g/mol. The van der Waals surface area contributed by atoms with Gasteiger partial charge in [-0.05, 0) is 38.1 Å². The molecule has 2 aromatic carbocycles. The second-order valence-electron chi connectivity index (χ2n) is 3.79. The lowest BCUT2D eigenvalue weighted by molar-refractivity contribution is 0.414. The number of ether oxygens (including phenoxy) is 1. The van der Waals surface area contributed by atoms with Gasteiger partial charge in [-0.1, -0.05) is 35.9 Å². The maximum Gasteiger partial charge on any atom is 0.118 e. The van der Waals surface area contributed by atoms with Crippen molar-refractivity contribution in [1.82, 2.24) is 0 Å². The summed E-state index contributed by atoms with van der Waals surface area (Å²) in [6.07, 6.45) is 1.77. The molecule has 2 aromatic rings. The van der Waals surface area contributed by atoms with Gasteiger partial charge >= 0.3 is 0 Å². The summed E-state index contributed by atoms with van der Waals surface area (Å²) >= 11 is 1.45. The van der Waals surface area contributed by atoms with Crippen LogP contribution in [0.4, 0.5) is 0 Å². The fraction of sp³-hybridized carbons (Fsp3) is 0.188. The van der Waals surface area contributed by atoms with Crippen LogP contribution in [0.3, 0.4) is 0 Å². The number of aryl methyl sites for hydroxylation is 1. The van der Waals surface area contributed by atoms with E-state index in [0.717, 1.165) is 10.6 Å². The van der Waals surface area contributed by atoms with Crippen LogP contribution in [0.1, 0.15) is 12.5 Å². The van der Waals surface area contributed by atoms with E-state index in [-0.39, 0.29) is 0 Å². The van der Waals surface area contributed by atoms with Crippen molar-refractivity contribution in [1.29, 1.82) is 0 Å². The van der Waals surface area contributed by atoms with Crippen molar-refractivity contribution >= 4 is 18.2 Å². The monoisotopic (exact) mass is 273 g/mol. The standard InChI is InChI=1S/C9H11NOS.C7H8/c1-3-10-12-9-6-4-8(11-2)5-7-9;1-7-5-3-2-4-6-7/h3-7H,1-2H3;2-6H,1H3/b10-3+;. The van der Waals surface area contributed by atoms with E-state index in [4.69, 9.17) is 4.74 Å².